The summed E-state index contributed by atoms with van der Waals surface area (Å²) in [7, 11) is 0. The normalized spacial score (nSPS) is 12.3. The summed E-state index contributed by atoms with van der Waals surface area (Å²) in [4.78, 5) is 7.19. The van der Waals surface area contributed by atoms with Gasteiger partial charge in [0.05, 0.1) is 17.1 Å². The number of anilines is 3. The Bertz CT molecular complexity index is 2040. The van der Waals surface area contributed by atoms with Gasteiger partial charge in [-0.3, -0.25) is 0 Å². The summed E-state index contributed by atoms with van der Waals surface area (Å²) < 4.78 is 12.3. The third-order valence-electron chi connectivity index (χ3n) is 7.92. The van der Waals surface area contributed by atoms with E-state index in [4.69, 9.17) is 14.1 Å². The molecule has 0 N–H and O–H groups in total. The molecule has 0 radical (unpaired) electrons. The Kier molecular flexibility index (Phi) is 5.22. The van der Waals surface area contributed by atoms with Crippen LogP contribution in [-0.4, -0.2) is 4.98 Å². The van der Waals surface area contributed by atoms with E-state index in [0.29, 0.717) is 5.71 Å². The van der Waals surface area contributed by atoms with E-state index in [0.717, 1.165) is 56.2 Å². The van der Waals surface area contributed by atoms with Crippen LogP contribution in [0, 0.1) is 13.8 Å². The van der Waals surface area contributed by atoms with Crippen LogP contribution in [0.15, 0.2) is 126 Å². The van der Waals surface area contributed by atoms with Gasteiger partial charge in [0.1, 0.15) is 5.58 Å². The fourth-order valence-electron chi connectivity index (χ4n) is 6.06. The van der Waals surface area contributed by atoms with Crippen molar-refractivity contribution in [1.29, 1.82) is 0 Å². The second-order valence-electron chi connectivity index (χ2n) is 10.6. The number of benzene rings is 5. The highest BCUT2D eigenvalue weighted by atomic mass is 16.5. The van der Waals surface area contributed by atoms with Gasteiger partial charge in [0.2, 0.25) is 5.71 Å². The van der Waals surface area contributed by atoms with Crippen molar-refractivity contribution in [2.45, 2.75) is 13.8 Å². The van der Waals surface area contributed by atoms with Crippen LogP contribution in [0.4, 0.5) is 17.1 Å². The lowest BCUT2D eigenvalue weighted by molar-refractivity contribution is 0.477. The number of rotatable bonds is 3. The Morgan fingerprint density at radius 2 is 1.22 bits per heavy atom. The molecule has 0 saturated heterocycles. The first-order valence-corrected chi connectivity index (χ1v) is 13.8. The summed E-state index contributed by atoms with van der Waals surface area (Å²) in [5.41, 5.74) is 11.5. The number of hydrogen-bond donors (Lipinski definition) is 0. The Morgan fingerprint density at radius 3 is 1.93 bits per heavy atom. The molecule has 196 valence electrons. The molecule has 8 rings (SSSR count). The predicted octanol–water partition coefficient (Wildman–Crippen LogP) is 10.5. The van der Waals surface area contributed by atoms with Crippen LogP contribution in [0.3, 0.4) is 0 Å². The van der Waals surface area contributed by atoms with E-state index in [1.54, 1.807) is 0 Å². The maximum absolute atomic E-state index is 6.18. The molecule has 4 heteroatoms. The third-order valence-corrected chi connectivity index (χ3v) is 7.92. The van der Waals surface area contributed by atoms with Gasteiger partial charge in [-0.25, -0.2) is 4.98 Å². The first-order valence-electron chi connectivity index (χ1n) is 13.8. The predicted molar refractivity (Wildman–Crippen MR) is 167 cm³/mol. The SMILES string of the molecule is Cc1cc(-c2ccc(N3c4ccccc4Oc4ccccc43)cc2)cc(C)c1-c1ccc2c(n1)oc1ccccc12. The number of ether oxygens (including phenoxy) is 1. The highest BCUT2D eigenvalue weighted by molar-refractivity contribution is 6.04. The maximum atomic E-state index is 6.18. The zero-order chi connectivity index (χ0) is 27.5. The molecule has 0 unspecified atom stereocenters. The molecule has 0 amide bonds. The van der Waals surface area contributed by atoms with Crippen molar-refractivity contribution < 1.29 is 9.15 Å². The molecule has 0 fully saturated rings. The van der Waals surface area contributed by atoms with E-state index in [9.17, 15) is 0 Å². The minimum atomic E-state index is 0.674. The Labute approximate surface area is 238 Å². The smallest absolute Gasteiger partial charge is 0.227 e. The molecule has 1 aliphatic rings. The summed E-state index contributed by atoms with van der Waals surface area (Å²) in [5.74, 6) is 1.71. The van der Waals surface area contributed by atoms with Gasteiger partial charge in [0.25, 0.3) is 0 Å². The van der Waals surface area contributed by atoms with E-state index >= 15 is 0 Å². The molecular formula is C37H26N2O2. The zero-order valence-electron chi connectivity index (χ0n) is 22.8. The average Bonchev–Trinajstić information content (AvgIpc) is 3.37. The monoisotopic (exact) mass is 530 g/mol. The standard InChI is InChI=1S/C37H26N2O2/c1-23-21-26(22-24(2)36(23)30-20-19-29-28-9-3-6-12-33(28)41-37(29)38-30)25-15-17-27(18-16-25)39-31-10-4-7-13-34(31)40-35-14-8-5-11-32(35)39/h3-22H,1-2H3. The molecule has 3 heterocycles. The number of aromatic nitrogens is 1. The van der Waals surface area contributed by atoms with Crippen molar-refractivity contribution in [2.75, 3.05) is 4.90 Å². The van der Waals surface area contributed by atoms with Crippen molar-refractivity contribution >= 4 is 39.1 Å². The molecule has 0 bridgehead atoms. The highest BCUT2D eigenvalue weighted by Crippen LogP contribution is 2.50. The van der Waals surface area contributed by atoms with Crippen molar-refractivity contribution in [3.63, 3.8) is 0 Å². The number of furan rings is 1. The summed E-state index contributed by atoms with van der Waals surface area (Å²) >= 11 is 0. The number of hydrogen-bond acceptors (Lipinski definition) is 4. The molecule has 0 spiro atoms. The molecule has 0 atom stereocenters. The lowest BCUT2D eigenvalue weighted by Crippen LogP contribution is -2.15. The van der Waals surface area contributed by atoms with Crippen LogP contribution in [0.2, 0.25) is 0 Å². The highest BCUT2D eigenvalue weighted by Gasteiger charge is 2.25. The fourth-order valence-corrected chi connectivity index (χ4v) is 6.06. The van der Waals surface area contributed by atoms with E-state index < -0.39 is 0 Å². The zero-order valence-corrected chi connectivity index (χ0v) is 22.8. The summed E-state index contributed by atoms with van der Waals surface area (Å²) in [6, 6.07) is 41.9. The fraction of sp³-hybridized carbons (Fsp3) is 0.0541. The largest absolute Gasteiger partial charge is 0.453 e. The second kappa shape index (κ2) is 9.10. The van der Waals surface area contributed by atoms with Crippen molar-refractivity contribution in [3.8, 4) is 33.9 Å². The molecule has 1 aliphatic heterocycles. The molecule has 7 aromatic rings. The first kappa shape index (κ1) is 23.5. The molecule has 0 aliphatic carbocycles. The topological polar surface area (TPSA) is 38.5 Å². The Morgan fingerprint density at radius 1 is 0.585 bits per heavy atom. The second-order valence-corrected chi connectivity index (χ2v) is 10.6. The number of fused-ring (bicyclic) bond motifs is 5. The van der Waals surface area contributed by atoms with Crippen molar-refractivity contribution in [2.24, 2.45) is 0 Å². The average molecular weight is 531 g/mol. The summed E-state index contributed by atoms with van der Waals surface area (Å²) in [6.45, 7) is 4.32. The lowest BCUT2D eigenvalue weighted by atomic mass is 9.93. The van der Waals surface area contributed by atoms with Gasteiger partial charge in [0, 0.05) is 22.0 Å². The minimum Gasteiger partial charge on any atom is -0.453 e. The van der Waals surface area contributed by atoms with E-state index in [-0.39, 0.29) is 0 Å². The van der Waals surface area contributed by atoms with Crippen LogP contribution in [-0.2, 0) is 0 Å². The van der Waals surface area contributed by atoms with Crippen LogP contribution >= 0.6 is 0 Å². The first-order chi connectivity index (χ1) is 20.1. The van der Waals surface area contributed by atoms with Crippen LogP contribution < -0.4 is 9.64 Å². The third kappa shape index (κ3) is 3.80. The summed E-state index contributed by atoms with van der Waals surface area (Å²) in [5, 5.41) is 2.14. The number of nitrogens with zero attached hydrogens (tertiary/aromatic N) is 2. The number of para-hydroxylation sites is 5. The quantitative estimate of drug-likeness (QED) is 0.228. The molecule has 5 aromatic carbocycles. The Balaban J connectivity index is 1.16. The molecule has 2 aromatic heterocycles. The van der Waals surface area contributed by atoms with Crippen LogP contribution in [0.25, 0.3) is 44.5 Å². The number of aryl methyl sites for hydroxylation is 2. The van der Waals surface area contributed by atoms with E-state index in [1.165, 1.54) is 22.3 Å². The molecular weight excluding hydrogens is 504 g/mol. The molecule has 4 nitrogen and oxygen atoms in total. The summed E-state index contributed by atoms with van der Waals surface area (Å²) in [6.07, 6.45) is 0. The van der Waals surface area contributed by atoms with Gasteiger partial charge >= 0.3 is 0 Å². The molecule has 0 saturated carbocycles. The van der Waals surface area contributed by atoms with Gasteiger partial charge in [0.15, 0.2) is 11.5 Å². The van der Waals surface area contributed by atoms with Crippen molar-refractivity contribution in [1.82, 2.24) is 4.98 Å². The Hall–Kier alpha value is -5.35. The van der Waals surface area contributed by atoms with Crippen LogP contribution in [0.1, 0.15) is 11.1 Å². The van der Waals surface area contributed by atoms with E-state index in [2.05, 4.69) is 85.5 Å². The van der Waals surface area contributed by atoms with Gasteiger partial charge in [-0.2, -0.15) is 0 Å². The minimum absolute atomic E-state index is 0.674. The molecule has 41 heavy (non-hydrogen) atoms. The van der Waals surface area contributed by atoms with Gasteiger partial charge in [-0.1, -0.05) is 66.7 Å². The van der Waals surface area contributed by atoms with Crippen molar-refractivity contribution in [3.05, 3.63) is 132 Å². The van der Waals surface area contributed by atoms with Gasteiger partial charge in [-0.15, -0.1) is 0 Å². The maximum Gasteiger partial charge on any atom is 0.227 e. The van der Waals surface area contributed by atoms with Gasteiger partial charge < -0.3 is 14.1 Å². The lowest BCUT2D eigenvalue weighted by Gasteiger charge is -2.32. The van der Waals surface area contributed by atoms with E-state index in [1.807, 2.05) is 54.6 Å². The number of pyridine rings is 1. The van der Waals surface area contributed by atoms with Gasteiger partial charge in [-0.05, 0) is 90.7 Å². The van der Waals surface area contributed by atoms with Crippen LogP contribution in [0.5, 0.6) is 11.5 Å².